The van der Waals surface area contributed by atoms with Crippen molar-refractivity contribution in [1.82, 2.24) is 5.32 Å². The highest BCUT2D eigenvalue weighted by Gasteiger charge is 2.24. The maximum absolute atomic E-state index is 6.42. The van der Waals surface area contributed by atoms with Gasteiger partial charge in [0.15, 0.2) is 0 Å². The van der Waals surface area contributed by atoms with Gasteiger partial charge in [-0.15, -0.1) is 0 Å². The number of methoxy groups -OCH3 is 1. The minimum Gasteiger partial charge on any atom is -0.495 e. The first-order chi connectivity index (χ1) is 14.3. The molecule has 1 N–H and O–H groups in total. The number of ether oxygens (including phenoxy) is 1. The third-order valence-electron chi connectivity index (χ3n) is 4.66. The number of nitrogens with zero attached hydrogens (tertiary/aromatic N) is 1. The van der Waals surface area contributed by atoms with Crippen LogP contribution in [0.2, 0.25) is 5.02 Å². The number of rotatable bonds is 3. The van der Waals surface area contributed by atoms with E-state index >= 15 is 0 Å². The summed E-state index contributed by atoms with van der Waals surface area (Å²) in [6.45, 7) is 0. The fraction of sp³-hybridized carbons (Fsp3) is 0.0800. The summed E-state index contributed by atoms with van der Waals surface area (Å²) in [6, 6.07) is 25.7. The van der Waals surface area contributed by atoms with Gasteiger partial charge in [0.1, 0.15) is 11.8 Å². The van der Waals surface area contributed by atoms with Crippen LogP contribution < -0.4 is 10.1 Å². The summed E-state index contributed by atoms with van der Waals surface area (Å²) in [7, 11) is 1.61. The van der Waals surface area contributed by atoms with Crippen molar-refractivity contribution in [2.75, 3.05) is 7.11 Å². The fourth-order valence-corrected chi connectivity index (χ4v) is 3.51. The first kappa shape index (κ1) is 18.9. The number of halogens is 1. The lowest BCUT2D eigenvalue weighted by atomic mass is 9.90. The monoisotopic (exact) mass is 398 g/mol. The van der Waals surface area contributed by atoms with Crippen LogP contribution in [-0.4, -0.2) is 13.4 Å². The molecule has 0 aromatic heterocycles. The molecule has 1 atom stereocenters. The van der Waals surface area contributed by atoms with Crippen molar-refractivity contribution in [2.24, 2.45) is 4.99 Å². The van der Waals surface area contributed by atoms with Gasteiger partial charge in [-0.2, -0.15) is 0 Å². The van der Waals surface area contributed by atoms with Gasteiger partial charge in [0.05, 0.1) is 24.2 Å². The van der Waals surface area contributed by atoms with Crippen LogP contribution in [0, 0.1) is 11.8 Å². The molecule has 1 heterocycles. The highest BCUT2D eigenvalue weighted by Crippen LogP contribution is 2.39. The molecule has 3 aromatic rings. The Labute approximate surface area is 175 Å². The maximum atomic E-state index is 6.42. The van der Waals surface area contributed by atoms with Gasteiger partial charge < -0.3 is 10.1 Å². The van der Waals surface area contributed by atoms with E-state index in [0.29, 0.717) is 10.8 Å². The molecule has 0 fully saturated rings. The van der Waals surface area contributed by atoms with Crippen molar-refractivity contribution in [3.05, 3.63) is 106 Å². The van der Waals surface area contributed by atoms with Gasteiger partial charge in [0.25, 0.3) is 0 Å². The number of allylic oxidation sites excluding steroid dienone is 1. The molecular formula is C25H19ClN2O. The Morgan fingerprint density at radius 2 is 1.66 bits per heavy atom. The molecule has 0 saturated heterocycles. The molecule has 0 radical (unpaired) electrons. The second kappa shape index (κ2) is 8.68. The van der Waals surface area contributed by atoms with Crippen molar-refractivity contribution in [3.63, 3.8) is 0 Å². The number of hydrogen-bond donors (Lipinski definition) is 1. The predicted octanol–water partition coefficient (Wildman–Crippen LogP) is 5.48. The Morgan fingerprint density at radius 3 is 2.34 bits per heavy atom. The summed E-state index contributed by atoms with van der Waals surface area (Å²) in [5.74, 6) is 7.16. The second-order valence-corrected chi connectivity index (χ2v) is 6.90. The number of hydrogen-bond acceptors (Lipinski definition) is 3. The van der Waals surface area contributed by atoms with Gasteiger partial charge >= 0.3 is 0 Å². The molecule has 0 saturated carbocycles. The summed E-state index contributed by atoms with van der Waals surface area (Å²) in [4.78, 5) is 4.70. The van der Waals surface area contributed by atoms with E-state index in [1.165, 1.54) is 0 Å². The number of aliphatic imine (C=N–C) groups is 1. The number of benzene rings is 3. The molecule has 142 valence electrons. The molecule has 1 unspecified atom stereocenters. The third-order valence-corrected chi connectivity index (χ3v) is 4.95. The van der Waals surface area contributed by atoms with E-state index in [2.05, 4.69) is 29.3 Å². The van der Waals surface area contributed by atoms with Crippen LogP contribution in [0.1, 0.15) is 22.7 Å². The van der Waals surface area contributed by atoms with Gasteiger partial charge in [0.2, 0.25) is 0 Å². The lowest BCUT2D eigenvalue weighted by Gasteiger charge is -2.24. The van der Waals surface area contributed by atoms with E-state index < -0.39 is 0 Å². The summed E-state index contributed by atoms with van der Waals surface area (Å²) in [6.07, 6.45) is 1.71. The Hall–Kier alpha value is -3.48. The lowest BCUT2D eigenvalue weighted by Crippen LogP contribution is -2.20. The minimum absolute atomic E-state index is 0.179. The number of nitrogens with one attached hydrogen (secondary N) is 1. The molecule has 4 heteroatoms. The molecule has 0 spiro atoms. The van der Waals surface area contributed by atoms with E-state index in [-0.39, 0.29) is 6.04 Å². The van der Waals surface area contributed by atoms with Crippen molar-refractivity contribution in [2.45, 2.75) is 6.04 Å². The summed E-state index contributed by atoms with van der Waals surface area (Å²) in [5.41, 5.74) is 4.77. The molecule has 1 aliphatic heterocycles. The molecule has 1 aliphatic rings. The topological polar surface area (TPSA) is 33.6 Å². The van der Waals surface area contributed by atoms with E-state index in [4.69, 9.17) is 21.3 Å². The van der Waals surface area contributed by atoms with E-state index in [9.17, 15) is 0 Å². The lowest BCUT2D eigenvalue weighted by molar-refractivity contribution is 0.415. The van der Waals surface area contributed by atoms with E-state index in [0.717, 1.165) is 28.0 Å². The van der Waals surface area contributed by atoms with Crippen LogP contribution >= 0.6 is 11.6 Å². The normalized spacial score (nSPS) is 15.3. The van der Waals surface area contributed by atoms with Crippen molar-refractivity contribution in [1.29, 1.82) is 0 Å². The van der Waals surface area contributed by atoms with Crippen LogP contribution in [0.5, 0.6) is 5.75 Å². The molecule has 0 amide bonds. The van der Waals surface area contributed by atoms with Crippen LogP contribution in [-0.2, 0) is 0 Å². The van der Waals surface area contributed by atoms with Crippen molar-refractivity contribution in [3.8, 4) is 17.6 Å². The van der Waals surface area contributed by atoms with E-state index in [1.54, 1.807) is 13.4 Å². The minimum atomic E-state index is -0.179. The zero-order valence-electron chi connectivity index (χ0n) is 15.9. The summed E-state index contributed by atoms with van der Waals surface area (Å²) >= 11 is 6.42. The van der Waals surface area contributed by atoms with Crippen LogP contribution in [0.3, 0.4) is 0 Å². The quantitative estimate of drug-likeness (QED) is 0.592. The SMILES string of the molecule is COc1ccc(C2=C(C#Cc3ccccc3)NC=NC2c2ccccc2)cc1Cl. The maximum Gasteiger partial charge on any atom is 0.137 e. The molecule has 4 rings (SSSR count). The predicted molar refractivity (Wildman–Crippen MR) is 119 cm³/mol. The molecule has 0 bridgehead atoms. The highest BCUT2D eigenvalue weighted by molar-refractivity contribution is 6.32. The van der Waals surface area contributed by atoms with Gasteiger partial charge in [-0.3, -0.25) is 4.99 Å². The Kier molecular flexibility index (Phi) is 5.65. The first-order valence-corrected chi connectivity index (χ1v) is 9.62. The molecular weight excluding hydrogens is 380 g/mol. The van der Waals surface area contributed by atoms with Crippen LogP contribution in [0.4, 0.5) is 0 Å². The summed E-state index contributed by atoms with van der Waals surface area (Å²) in [5, 5.41) is 3.78. The summed E-state index contributed by atoms with van der Waals surface area (Å²) < 4.78 is 5.31. The fourth-order valence-electron chi connectivity index (χ4n) is 3.25. The standard InChI is InChI=1S/C25H19ClN2O/c1-29-23-15-13-20(16-21(23)26)24-22(14-12-18-8-4-2-5-9-18)27-17-28-25(24)19-10-6-3-7-11-19/h2-11,13,15-17,25H,1H3,(H,27,28). The van der Waals surface area contributed by atoms with Gasteiger partial charge in [-0.25, -0.2) is 0 Å². The zero-order chi connectivity index (χ0) is 20.1. The van der Waals surface area contributed by atoms with Crippen LogP contribution in [0.15, 0.2) is 89.6 Å². The smallest absolute Gasteiger partial charge is 0.137 e. The molecule has 0 aliphatic carbocycles. The molecule has 3 aromatic carbocycles. The average Bonchev–Trinajstić information content (AvgIpc) is 2.78. The Bertz CT molecular complexity index is 1130. The van der Waals surface area contributed by atoms with Crippen molar-refractivity contribution < 1.29 is 4.74 Å². The van der Waals surface area contributed by atoms with Crippen molar-refractivity contribution >= 4 is 23.5 Å². The van der Waals surface area contributed by atoms with Gasteiger partial charge in [-0.05, 0) is 41.3 Å². The zero-order valence-corrected chi connectivity index (χ0v) is 16.6. The first-order valence-electron chi connectivity index (χ1n) is 9.24. The Balaban J connectivity index is 1.86. The third kappa shape index (κ3) is 4.18. The Morgan fingerprint density at radius 1 is 0.931 bits per heavy atom. The highest BCUT2D eigenvalue weighted by atomic mass is 35.5. The average molecular weight is 399 g/mol. The van der Waals surface area contributed by atoms with Gasteiger partial charge in [0, 0.05) is 11.1 Å². The van der Waals surface area contributed by atoms with E-state index in [1.807, 2.05) is 66.7 Å². The van der Waals surface area contributed by atoms with Gasteiger partial charge in [-0.1, -0.05) is 72.1 Å². The second-order valence-electron chi connectivity index (χ2n) is 6.49. The largest absolute Gasteiger partial charge is 0.495 e. The van der Waals surface area contributed by atoms with Crippen LogP contribution in [0.25, 0.3) is 5.57 Å². The molecule has 29 heavy (non-hydrogen) atoms. The molecule has 3 nitrogen and oxygen atoms in total.